The van der Waals surface area contributed by atoms with E-state index in [2.05, 4.69) is 12.0 Å². The van der Waals surface area contributed by atoms with Gasteiger partial charge in [-0.2, -0.15) is 5.10 Å². The van der Waals surface area contributed by atoms with Crippen LogP contribution in [0.25, 0.3) is 10.6 Å². The van der Waals surface area contributed by atoms with Gasteiger partial charge in [0, 0.05) is 17.6 Å². The second-order valence-electron chi connectivity index (χ2n) is 5.52. The summed E-state index contributed by atoms with van der Waals surface area (Å²) in [6, 6.07) is 5.82. The number of unbranched alkanes of at least 4 members (excludes halogenated alkanes) is 1. The maximum absolute atomic E-state index is 12.5. The lowest BCUT2D eigenvalue weighted by atomic mass is 9.96. The fourth-order valence-corrected chi connectivity index (χ4v) is 2.69. The molecule has 0 radical (unpaired) electrons. The molecule has 0 bridgehead atoms. The van der Waals surface area contributed by atoms with Crippen molar-refractivity contribution in [3.8, 4) is 10.6 Å². The Morgan fingerprint density at radius 1 is 1.45 bits per heavy atom. The fraction of sp³-hybridized carbons (Fsp3) is 0.467. The summed E-state index contributed by atoms with van der Waals surface area (Å²) in [5.41, 5.74) is 6.84. The molecule has 108 valence electrons. The van der Waals surface area contributed by atoms with E-state index >= 15 is 0 Å². The van der Waals surface area contributed by atoms with Gasteiger partial charge >= 0.3 is 0 Å². The Morgan fingerprint density at radius 2 is 2.20 bits per heavy atom. The van der Waals surface area contributed by atoms with E-state index in [1.54, 1.807) is 16.0 Å². The van der Waals surface area contributed by atoms with Gasteiger partial charge in [0.05, 0.1) is 4.88 Å². The van der Waals surface area contributed by atoms with Crippen molar-refractivity contribution in [2.24, 2.45) is 5.73 Å². The molecule has 0 fully saturated rings. The van der Waals surface area contributed by atoms with E-state index in [0.717, 1.165) is 23.4 Å². The minimum absolute atomic E-state index is 0.0775. The highest BCUT2D eigenvalue weighted by molar-refractivity contribution is 7.13. The Kier molecular flexibility index (Phi) is 4.40. The van der Waals surface area contributed by atoms with Crippen molar-refractivity contribution in [2.75, 3.05) is 0 Å². The number of nitrogens with two attached hydrogens (primary N) is 1. The Balaban J connectivity index is 2.57. The zero-order valence-corrected chi connectivity index (χ0v) is 13.0. The van der Waals surface area contributed by atoms with Crippen LogP contribution in [0.4, 0.5) is 0 Å². The molecule has 2 aromatic rings. The number of thiophene rings is 1. The van der Waals surface area contributed by atoms with Gasteiger partial charge in [-0.1, -0.05) is 19.4 Å². The molecule has 0 atom stereocenters. The number of hydrogen-bond acceptors (Lipinski definition) is 4. The molecular formula is C15H21N3OS. The average Bonchev–Trinajstić information content (AvgIpc) is 2.90. The van der Waals surface area contributed by atoms with Gasteiger partial charge in [0.25, 0.3) is 5.56 Å². The third-order valence-electron chi connectivity index (χ3n) is 3.17. The van der Waals surface area contributed by atoms with Crippen LogP contribution in [0.5, 0.6) is 0 Å². The van der Waals surface area contributed by atoms with Crippen molar-refractivity contribution in [3.63, 3.8) is 0 Å². The van der Waals surface area contributed by atoms with Crippen LogP contribution < -0.4 is 11.3 Å². The maximum Gasteiger partial charge on any atom is 0.271 e. The largest absolute Gasteiger partial charge is 0.322 e. The molecular weight excluding hydrogens is 270 g/mol. The van der Waals surface area contributed by atoms with E-state index in [-0.39, 0.29) is 5.56 Å². The predicted molar refractivity (Wildman–Crippen MR) is 83.9 cm³/mol. The third-order valence-corrected chi connectivity index (χ3v) is 4.06. The van der Waals surface area contributed by atoms with Crippen molar-refractivity contribution in [2.45, 2.75) is 45.7 Å². The Bertz CT molecular complexity index is 624. The predicted octanol–water partition coefficient (Wildman–Crippen LogP) is 2.97. The monoisotopic (exact) mass is 291 g/mol. The van der Waals surface area contributed by atoms with Crippen LogP contribution in [0, 0.1) is 0 Å². The third kappa shape index (κ3) is 3.16. The number of aromatic nitrogens is 2. The zero-order chi connectivity index (χ0) is 14.8. The van der Waals surface area contributed by atoms with E-state index in [1.165, 1.54) is 0 Å². The van der Waals surface area contributed by atoms with Crippen molar-refractivity contribution in [3.05, 3.63) is 39.5 Å². The maximum atomic E-state index is 12.5. The lowest BCUT2D eigenvalue weighted by Crippen LogP contribution is -2.39. The number of aryl methyl sites for hydroxylation is 1. The molecule has 2 rings (SSSR count). The Labute approximate surface area is 123 Å². The Morgan fingerprint density at radius 3 is 2.75 bits per heavy atom. The molecule has 0 saturated heterocycles. The standard InChI is InChI=1S/C15H21N3OS/c1-4-5-8-18-14(19)11(15(2,3)16)10-12(17-18)13-7-6-9-20-13/h6-7,9-10H,4-5,8,16H2,1-3H3. The van der Waals surface area contributed by atoms with E-state index in [1.807, 2.05) is 37.4 Å². The quantitative estimate of drug-likeness (QED) is 0.921. The number of hydrogen-bond donors (Lipinski definition) is 1. The summed E-state index contributed by atoms with van der Waals surface area (Å²) in [4.78, 5) is 13.5. The summed E-state index contributed by atoms with van der Waals surface area (Å²) >= 11 is 1.62. The normalized spacial score (nSPS) is 11.8. The van der Waals surface area contributed by atoms with Crippen molar-refractivity contribution in [1.29, 1.82) is 0 Å². The Hall–Kier alpha value is -1.46. The van der Waals surface area contributed by atoms with E-state index in [9.17, 15) is 4.79 Å². The molecule has 0 spiro atoms. The highest BCUT2D eigenvalue weighted by Gasteiger charge is 2.21. The molecule has 0 aromatic carbocycles. The lowest BCUT2D eigenvalue weighted by molar-refractivity contribution is 0.498. The zero-order valence-electron chi connectivity index (χ0n) is 12.2. The first-order valence-corrected chi connectivity index (χ1v) is 7.77. The molecule has 0 unspecified atom stereocenters. The van der Waals surface area contributed by atoms with Gasteiger partial charge in [-0.15, -0.1) is 11.3 Å². The van der Waals surface area contributed by atoms with Crippen LogP contribution in [0.1, 0.15) is 39.2 Å². The first kappa shape index (κ1) is 14.9. The van der Waals surface area contributed by atoms with Crippen molar-refractivity contribution >= 4 is 11.3 Å². The first-order chi connectivity index (χ1) is 9.43. The lowest BCUT2D eigenvalue weighted by Gasteiger charge is -2.20. The first-order valence-electron chi connectivity index (χ1n) is 6.89. The molecule has 0 amide bonds. The molecule has 2 aromatic heterocycles. The summed E-state index contributed by atoms with van der Waals surface area (Å²) in [6.07, 6.45) is 1.96. The number of rotatable bonds is 5. The molecule has 0 saturated carbocycles. The van der Waals surface area contributed by atoms with Gasteiger partial charge in [0.15, 0.2) is 0 Å². The van der Waals surface area contributed by atoms with Gasteiger partial charge in [0.2, 0.25) is 0 Å². The van der Waals surface area contributed by atoms with Crippen molar-refractivity contribution < 1.29 is 0 Å². The molecule has 2 N–H and O–H groups in total. The van der Waals surface area contributed by atoms with E-state index in [0.29, 0.717) is 12.1 Å². The highest BCUT2D eigenvalue weighted by Crippen LogP contribution is 2.24. The second-order valence-corrected chi connectivity index (χ2v) is 6.47. The molecule has 0 aliphatic carbocycles. The smallest absolute Gasteiger partial charge is 0.271 e. The average molecular weight is 291 g/mol. The fourth-order valence-electron chi connectivity index (χ4n) is 2.01. The molecule has 4 nitrogen and oxygen atoms in total. The summed E-state index contributed by atoms with van der Waals surface area (Å²) < 4.78 is 1.56. The van der Waals surface area contributed by atoms with E-state index < -0.39 is 5.54 Å². The molecule has 5 heteroatoms. The summed E-state index contributed by atoms with van der Waals surface area (Å²) in [6.45, 7) is 6.44. The molecule has 0 aliphatic heterocycles. The minimum atomic E-state index is -0.667. The molecule has 2 heterocycles. The van der Waals surface area contributed by atoms with Crippen LogP contribution in [0.2, 0.25) is 0 Å². The van der Waals surface area contributed by atoms with Gasteiger partial charge in [0.1, 0.15) is 5.69 Å². The van der Waals surface area contributed by atoms with Gasteiger partial charge in [-0.3, -0.25) is 4.79 Å². The van der Waals surface area contributed by atoms with Gasteiger partial charge < -0.3 is 5.73 Å². The summed E-state index contributed by atoms with van der Waals surface area (Å²) in [7, 11) is 0. The number of nitrogens with zero attached hydrogens (tertiary/aromatic N) is 2. The SMILES string of the molecule is CCCCn1nc(-c2cccs2)cc(C(C)(C)N)c1=O. The molecule has 20 heavy (non-hydrogen) atoms. The summed E-state index contributed by atoms with van der Waals surface area (Å²) in [5.74, 6) is 0. The minimum Gasteiger partial charge on any atom is -0.322 e. The topological polar surface area (TPSA) is 60.9 Å². The van der Waals surface area contributed by atoms with Crippen LogP contribution in [0.3, 0.4) is 0 Å². The van der Waals surface area contributed by atoms with Crippen LogP contribution >= 0.6 is 11.3 Å². The van der Waals surface area contributed by atoms with Gasteiger partial charge in [-0.25, -0.2) is 4.68 Å². The highest BCUT2D eigenvalue weighted by atomic mass is 32.1. The summed E-state index contributed by atoms with van der Waals surface area (Å²) in [5, 5.41) is 6.49. The van der Waals surface area contributed by atoms with Crippen LogP contribution in [-0.2, 0) is 12.1 Å². The van der Waals surface area contributed by atoms with Gasteiger partial charge in [-0.05, 0) is 37.8 Å². The second kappa shape index (κ2) is 5.89. The molecule has 0 aliphatic rings. The van der Waals surface area contributed by atoms with Crippen LogP contribution in [0.15, 0.2) is 28.4 Å². The van der Waals surface area contributed by atoms with Crippen LogP contribution in [-0.4, -0.2) is 9.78 Å². The van der Waals surface area contributed by atoms with E-state index in [4.69, 9.17) is 5.73 Å². The van der Waals surface area contributed by atoms with Crippen molar-refractivity contribution in [1.82, 2.24) is 9.78 Å².